The molecule has 0 heterocycles. The van der Waals surface area contributed by atoms with Crippen LogP contribution in [-0.4, -0.2) is 23.3 Å². The number of aliphatic hydroxyl groups is 1. The summed E-state index contributed by atoms with van der Waals surface area (Å²) in [6.07, 6.45) is 4.88. The average Bonchev–Trinajstić information content (AvgIpc) is 2.16. The Labute approximate surface area is 94.5 Å². The Morgan fingerprint density at radius 2 is 1.73 bits per heavy atom. The fourth-order valence-electron chi connectivity index (χ4n) is 2.82. The van der Waals surface area contributed by atoms with E-state index in [4.69, 9.17) is 0 Å². The molecule has 90 valence electrons. The average molecular weight is 213 g/mol. The minimum Gasteiger partial charge on any atom is -0.394 e. The summed E-state index contributed by atoms with van der Waals surface area (Å²) >= 11 is 0. The predicted molar refractivity (Wildman–Crippen MR) is 64.9 cm³/mol. The van der Waals surface area contributed by atoms with Gasteiger partial charge in [-0.15, -0.1) is 0 Å². The van der Waals surface area contributed by atoms with Crippen molar-refractivity contribution in [2.24, 2.45) is 11.8 Å². The van der Waals surface area contributed by atoms with Gasteiger partial charge in [-0.3, -0.25) is 0 Å². The molecule has 2 heteroatoms. The van der Waals surface area contributed by atoms with Gasteiger partial charge in [0, 0.05) is 11.6 Å². The van der Waals surface area contributed by atoms with Crippen LogP contribution in [0.1, 0.15) is 53.4 Å². The number of nitrogens with one attached hydrogen (secondary N) is 1. The summed E-state index contributed by atoms with van der Waals surface area (Å²) in [5.74, 6) is 1.65. The van der Waals surface area contributed by atoms with Crippen molar-refractivity contribution < 1.29 is 5.11 Å². The maximum atomic E-state index is 9.39. The zero-order valence-corrected chi connectivity index (χ0v) is 10.7. The highest BCUT2D eigenvalue weighted by molar-refractivity contribution is 4.88. The van der Waals surface area contributed by atoms with Gasteiger partial charge in [0.05, 0.1) is 6.61 Å². The van der Waals surface area contributed by atoms with Crippen LogP contribution < -0.4 is 5.32 Å². The van der Waals surface area contributed by atoms with E-state index in [9.17, 15) is 5.11 Å². The number of hydrogen-bond acceptors (Lipinski definition) is 2. The van der Waals surface area contributed by atoms with Crippen molar-refractivity contribution in [3.63, 3.8) is 0 Å². The standard InChI is InChI=1S/C13H27NO/c1-5-13(4,9-15)14-12-7-10(2)6-11(3)8-12/h10-12,14-15H,5-9H2,1-4H3. The van der Waals surface area contributed by atoms with Gasteiger partial charge in [0.25, 0.3) is 0 Å². The molecule has 0 saturated heterocycles. The van der Waals surface area contributed by atoms with Crippen LogP contribution in [0.3, 0.4) is 0 Å². The van der Waals surface area contributed by atoms with E-state index < -0.39 is 0 Å². The van der Waals surface area contributed by atoms with E-state index in [1.165, 1.54) is 19.3 Å². The van der Waals surface area contributed by atoms with Crippen molar-refractivity contribution in [3.8, 4) is 0 Å². The lowest BCUT2D eigenvalue weighted by molar-refractivity contribution is 0.129. The van der Waals surface area contributed by atoms with Crippen LogP contribution in [0, 0.1) is 11.8 Å². The van der Waals surface area contributed by atoms with Gasteiger partial charge in [-0.25, -0.2) is 0 Å². The van der Waals surface area contributed by atoms with E-state index in [0.717, 1.165) is 18.3 Å². The molecule has 3 atom stereocenters. The number of hydrogen-bond donors (Lipinski definition) is 2. The maximum Gasteiger partial charge on any atom is 0.0610 e. The molecule has 0 aliphatic heterocycles. The van der Waals surface area contributed by atoms with Gasteiger partial charge in [0.15, 0.2) is 0 Å². The third kappa shape index (κ3) is 3.76. The van der Waals surface area contributed by atoms with Crippen LogP contribution in [0.2, 0.25) is 0 Å². The molecule has 2 nitrogen and oxygen atoms in total. The molecule has 0 aromatic heterocycles. The SMILES string of the molecule is CCC(C)(CO)NC1CC(C)CC(C)C1. The molecule has 0 aromatic rings. The molecule has 0 amide bonds. The van der Waals surface area contributed by atoms with Crippen LogP contribution in [0.15, 0.2) is 0 Å². The minimum absolute atomic E-state index is 0.0819. The van der Waals surface area contributed by atoms with Gasteiger partial charge in [-0.2, -0.15) is 0 Å². The Hall–Kier alpha value is -0.0800. The lowest BCUT2D eigenvalue weighted by atomic mass is 9.79. The van der Waals surface area contributed by atoms with E-state index in [-0.39, 0.29) is 12.1 Å². The summed E-state index contributed by atoms with van der Waals surface area (Å²) in [7, 11) is 0. The summed E-state index contributed by atoms with van der Waals surface area (Å²) in [4.78, 5) is 0. The van der Waals surface area contributed by atoms with Crippen molar-refractivity contribution >= 4 is 0 Å². The molecular formula is C13H27NO. The summed E-state index contributed by atoms with van der Waals surface area (Å²) in [5.41, 5.74) is -0.0819. The summed E-state index contributed by atoms with van der Waals surface area (Å²) < 4.78 is 0. The fraction of sp³-hybridized carbons (Fsp3) is 1.00. The van der Waals surface area contributed by atoms with E-state index in [1.54, 1.807) is 0 Å². The third-order valence-electron chi connectivity index (χ3n) is 3.86. The molecular weight excluding hydrogens is 186 g/mol. The molecule has 1 saturated carbocycles. The van der Waals surface area contributed by atoms with Crippen molar-refractivity contribution in [2.45, 2.75) is 65.0 Å². The second-order valence-corrected chi connectivity index (χ2v) is 5.83. The first kappa shape index (κ1) is 13.0. The van der Waals surface area contributed by atoms with Crippen molar-refractivity contribution in [2.75, 3.05) is 6.61 Å². The van der Waals surface area contributed by atoms with Gasteiger partial charge in [0.2, 0.25) is 0 Å². The Kier molecular flexibility index (Phi) is 4.60. The first-order valence-electron chi connectivity index (χ1n) is 6.37. The smallest absolute Gasteiger partial charge is 0.0610 e. The molecule has 0 radical (unpaired) electrons. The fourth-order valence-corrected chi connectivity index (χ4v) is 2.82. The highest BCUT2D eigenvalue weighted by Crippen LogP contribution is 2.29. The molecule has 1 rings (SSSR count). The third-order valence-corrected chi connectivity index (χ3v) is 3.86. The van der Waals surface area contributed by atoms with E-state index in [1.807, 2.05) is 0 Å². The second kappa shape index (κ2) is 5.31. The Balaban J connectivity index is 2.49. The molecule has 15 heavy (non-hydrogen) atoms. The van der Waals surface area contributed by atoms with Crippen LogP contribution >= 0.6 is 0 Å². The van der Waals surface area contributed by atoms with E-state index in [2.05, 4.69) is 33.0 Å². The highest BCUT2D eigenvalue weighted by atomic mass is 16.3. The first-order valence-corrected chi connectivity index (χ1v) is 6.37. The Morgan fingerprint density at radius 1 is 1.20 bits per heavy atom. The maximum absolute atomic E-state index is 9.39. The molecule has 0 bridgehead atoms. The molecule has 1 aliphatic carbocycles. The lowest BCUT2D eigenvalue weighted by Crippen LogP contribution is -2.52. The molecule has 1 aliphatic rings. The predicted octanol–water partition coefficient (Wildman–Crippen LogP) is 2.56. The molecule has 0 aromatic carbocycles. The van der Waals surface area contributed by atoms with Gasteiger partial charge >= 0.3 is 0 Å². The molecule has 0 spiro atoms. The zero-order valence-electron chi connectivity index (χ0n) is 10.7. The van der Waals surface area contributed by atoms with Gasteiger partial charge < -0.3 is 10.4 Å². The quantitative estimate of drug-likeness (QED) is 0.752. The van der Waals surface area contributed by atoms with Gasteiger partial charge in [-0.05, 0) is 44.4 Å². The molecule has 2 N–H and O–H groups in total. The summed E-state index contributed by atoms with van der Waals surface area (Å²) in [5, 5.41) is 13.0. The summed E-state index contributed by atoms with van der Waals surface area (Å²) in [6, 6.07) is 0.598. The first-order chi connectivity index (χ1) is 6.99. The van der Waals surface area contributed by atoms with Crippen molar-refractivity contribution in [3.05, 3.63) is 0 Å². The van der Waals surface area contributed by atoms with Crippen LogP contribution in [-0.2, 0) is 0 Å². The van der Waals surface area contributed by atoms with Gasteiger partial charge in [-0.1, -0.05) is 20.8 Å². The van der Waals surface area contributed by atoms with Crippen molar-refractivity contribution in [1.82, 2.24) is 5.32 Å². The minimum atomic E-state index is -0.0819. The Morgan fingerprint density at radius 3 is 2.13 bits per heavy atom. The normalized spacial score (nSPS) is 36.2. The van der Waals surface area contributed by atoms with Gasteiger partial charge in [0.1, 0.15) is 0 Å². The van der Waals surface area contributed by atoms with Crippen molar-refractivity contribution in [1.29, 1.82) is 0 Å². The Bertz CT molecular complexity index is 179. The number of aliphatic hydroxyl groups excluding tert-OH is 1. The lowest BCUT2D eigenvalue weighted by Gasteiger charge is -2.38. The topological polar surface area (TPSA) is 32.3 Å². The zero-order chi connectivity index (χ0) is 11.5. The molecule has 1 fully saturated rings. The monoisotopic (exact) mass is 213 g/mol. The van der Waals surface area contributed by atoms with E-state index >= 15 is 0 Å². The van der Waals surface area contributed by atoms with Crippen LogP contribution in [0.5, 0.6) is 0 Å². The molecule has 3 unspecified atom stereocenters. The largest absolute Gasteiger partial charge is 0.394 e. The van der Waals surface area contributed by atoms with E-state index in [0.29, 0.717) is 6.04 Å². The second-order valence-electron chi connectivity index (χ2n) is 5.83. The number of rotatable bonds is 4. The summed E-state index contributed by atoms with van der Waals surface area (Å²) in [6.45, 7) is 9.18. The van der Waals surface area contributed by atoms with Crippen LogP contribution in [0.4, 0.5) is 0 Å². The van der Waals surface area contributed by atoms with Crippen LogP contribution in [0.25, 0.3) is 0 Å². The highest BCUT2D eigenvalue weighted by Gasteiger charge is 2.29.